The molecule has 1 heterocycles. The number of imide groups is 1. The summed E-state index contributed by atoms with van der Waals surface area (Å²) in [6.07, 6.45) is 0. The van der Waals surface area contributed by atoms with Gasteiger partial charge < -0.3 is 10.6 Å². The number of hydrogen-bond acceptors (Lipinski definition) is 3. The lowest BCUT2D eigenvalue weighted by Gasteiger charge is -2.23. The number of carbonyl (C=O) groups is 3. The highest BCUT2D eigenvalue weighted by molar-refractivity contribution is 6.09. The van der Waals surface area contributed by atoms with Crippen LogP contribution in [0, 0.1) is 13.8 Å². The molecule has 0 unspecified atom stereocenters. The number of urea groups is 1. The number of carbonyl (C=O) groups excluding carboxylic acids is 3. The highest BCUT2D eigenvalue weighted by Gasteiger charge is 2.49. The summed E-state index contributed by atoms with van der Waals surface area (Å²) in [4.78, 5) is 39.2. The van der Waals surface area contributed by atoms with Crippen molar-refractivity contribution in [2.75, 3.05) is 6.54 Å². The molecule has 4 amide bonds. The van der Waals surface area contributed by atoms with Crippen LogP contribution in [-0.4, -0.2) is 29.3 Å². The van der Waals surface area contributed by atoms with Crippen LogP contribution in [0.4, 0.5) is 4.79 Å². The number of aryl methyl sites for hydroxylation is 2. The maximum atomic E-state index is 13.1. The molecule has 0 aromatic heterocycles. The van der Waals surface area contributed by atoms with Crippen LogP contribution < -0.4 is 10.6 Å². The van der Waals surface area contributed by atoms with Crippen LogP contribution in [0.5, 0.6) is 0 Å². The van der Waals surface area contributed by atoms with Gasteiger partial charge in [-0.3, -0.25) is 14.5 Å². The summed E-state index contributed by atoms with van der Waals surface area (Å²) in [5.41, 5.74) is 3.97. The van der Waals surface area contributed by atoms with Crippen molar-refractivity contribution in [1.29, 1.82) is 0 Å². The fraction of sp³-hybridized carbons (Fsp3) is 0.400. The molecule has 31 heavy (non-hydrogen) atoms. The van der Waals surface area contributed by atoms with E-state index < -0.39 is 17.5 Å². The molecule has 0 aliphatic carbocycles. The number of benzene rings is 2. The zero-order chi connectivity index (χ0) is 22.9. The van der Waals surface area contributed by atoms with E-state index in [-0.39, 0.29) is 18.5 Å². The smallest absolute Gasteiger partial charge is 0.325 e. The maximum Gasteiger partial charge on any atom is 0.325 e. The Hall–Kier alpha value is -3.15. The average molecular weight is 422 g/mol. The summed E-state index contributed by atoms with van der Waals surface area (Å²) >= 11 is 0. The van der Waals surface area contributed by atoms with Crippen LogP contribution in [0.1, 0.15) is 67.5 Å². The fourth-order valence-corrected chi connectivity index (χ4v) is 3.79. The van der Waals surface area contributed by atoms with Crippen LogP contribution in [0.25, 0.3) is 0 Å². The molecule has 1 aliphatic heterocycles. The summed E-state index contributed by atoms with van der Waals surface area (Å²) in [5.74, 6) is -0.437. The van der Waals surface area contributed by atoms with Crippen LogP contribution >= 0.6 is 0 Å². The minimum absolute atomic E-state index is 0.234. The Morgan fingerprint density at radius 1 is 1.00 bits per heavy atom. The first-order chi connectivity index (χ1) is 14.5. The Bertz CT molecular complexity index is 1010. The zero-order valence-electron chi connectivity index (χ0n) is 19.1. The fourth-order valence-electron chi connectivity index (χ4n) is 3.79. The lowest BCUT2D eigenvalue weighted by molar-refractivity contribution is -0.135. The molecule has 0 spiro atoms. The Labute approximate surface area is 184 Å². The lowest BCUT2D eigenvalue weighted by Crippen LogP contribution is -2.43. The van der Waals surface area contributed by atoms with E-state index in [1.807, 2.05) is 63.2 Å². The van der Waals surface area contributed by atoms with Crippen molar-refractivity contribution < 1.29 is 14.4 Å². The minimum Gasteiger partial charge on any atom is -0.348 e. The van der Waals surface area contributed by atoms with Crippen molar-refractivity contribution >= 4 is 17.8 Å². The predicted molar refractivity (Wildman–Crippen MR) is 121 cm³/mol. The maximum absolute atomic E-state index is 13.1. The molecule has 1 fully saturated rings. The number of nitrogens with one attached hydrogen (secondary N) is 2. The molecule has 2 N–H and O–H groups in total. The van der Waals surface area contributed by atoms with Crippen molar-refractivity contribution in [3.63, 3.8) is 0 Å². The van der Waals surface area contributed by atoms with Gasteiger partial charge in [-0.2, -0.15) is 0 Å². The molecular formula is C25H31N3O3. The van der Waals surface area contributed by atoms with Gasteiger partial charge in [0.05, 0.1) is 6.04 Å². The van der Waals surface area contributed by atoms with Gasteiger partial charge in [-0.15, -0.1) is 0 Å². The molecule has 2 aromatic carbocycles. The van der Waals surface area contributed by atoms with Gasteiger partial charge in [0.15, 0.2) is 0 Å². The van der Waals surface area contributed by atoms with Crippen LogP contribution in [0.15, 0.2) is 42.5 Å². The van der Waals surface area contributed by atoms with Gasteiger partial charge in [0.25, 0.3) is 5.91 Å². The highest BCUT2D eigenvalue weighted by atomic mass is 16.2. The van der Waals surface area contributed by atoms with Crippen molar-refractivity contribution in [2.45, 2.75) is 59.0 Å². The van der Waals surface area contributed by atoms with Gasteiger partial charge in [-0.1, -0.05) is 56.3 Å². The molecule has 2 aromatic rings. The summed E-state index contributed by atoms with van der Waals surface area (Å²) in [5, 5.41) is 5.64. The first kappa shape index (κ1) is 22.5. The van der Waals surface area contributed by atoms with E-state index >= 15 is 0 Å². The molecule has 3 rings (SSSR count). The zero-order valence-corrected chi connectivity index (χ0v) is 19.1. The third-order valence-corrected chi connectivity index (χ3v) is 6.14. The number of amides is 4. The minimum atomic E-state index is -1.19. The molecule has 6 nitrogen and oxygen atoms in total. The Kier molecular flexibility index (Phi) is 6.20. The molecule has 6 heteroatoms. The van der Waals surface area contributed by atoms with Gasteiger partial charge in [-0.05, 0) is 61.4 Å². The monoisotopic (exact) mass is 421 g/mol. The second kappa shape index (κ2) is 8.53. The van der Waals surface area contributed by atoms with Gasteiger partial charge >= 0.3 is 6.03 Å². The summed E-state index contributed by atoms with van der Waals surface area (Å²) < 4.78 is 0. The Balaban J connectivity index is 1.70. The lowest BCUT2D eigenvalue weighted by atomic mass is 9.90. The van der Waals surface area contributed by atoms with Gasteiger partial charge in [0, 0.05) is 0 Å². The standard InChI is InChI=1S/C25H31N3O3/c1-15(2)19-9-11-21(12-10-19)25(6)23(30)28(24(31)27-25)14-22(29)26-18(5)20-8-7-16(3)17(4)13-20/h7-13,15,18H,14H2,1-6H3,(H,26,29)(H,27,31)/t18-,25+/m1/s1. The summed E-state index contributed by atoms with van der Waals surface area (Å²) in [6, 6.07) is 12.9. The van der Waals surface area contributed by atoms with Gasteiger partial charge in [-0.25, -0.2) is 4.79 Å². The van der Waals surface area contributed by atoms with E-state index in [0.717, 1.165) is 21.6 Å². The van der Waals surface area contributed by atoms with Gasteiger partial charge in [0.1, 0.15) is 12.1 Å². The molecule has 1 saturated heterocycles. The normalized spacial score (nSPS) is 19.5. The number of rotatable bonds is 6. The molecule has 0 bridgehead atoms. The molecule has 0 radical (unpaired) electrons. The SMILES string of the molecule is Cc1ccc([C@@H](C)NC(=O)CN2C(=O)N[C@@](C)(c3ccc(C(C)C)cc3)C2=O)cc1C. The average Bonchev–Trinajstić information content (AvgIpc) is 2.94. The van der Waals surface area contributed by atoms with E-state index in [4.69, 9.17) is 0 Å². The van der Waals surface area contributed by atoms with Crippen molar-refractivity contribution in [3.05, 3.63) is 70.3 Å². The van der Waals surface area contributed by atoms with Crippen LogP contribution in [0.3, 0.4) is 0 Å². The van der Waals surface area contributed by atoms with Gasteiger partial charge in [0.2, 0.25) is 5.91 Å². The van der Waals surface area contributed by atoms with E-state index in [0.29, 0.717) is 11.5 Å². The second-order valence-corrected chi connectivity index (χ2v) is 8.86. The van der Waals surface area contributed by atoms with Crippen LogP contribution in [-0.2, 0) is 15.1 Å². The van der Waals surface area contributed by atoms with E-state index in [2.05, 4.69) is 24.5 Å². The number of nitrogens with zero attached hydrogens (tertiary/aromatic N) is 1. The third-order valence-electron chi connectivity index (χ3n) is 6.14. The van der Waals surface area contributed by atoms with Crippen LogP contribution in [0.2, 0.25) is 0 Å². The van der Waals surface area contributed by atoms with Crippen molar-refractivity contribution in [1.82, 2.24) is 15.5 Å². The summed E-state index contributed by atoms with van der Waals surface area (Å²) in [6.45, 7) is 11.5. The van der Waals surface area contributed by atoms with Crippen molar-refractivity contribution in [3.8, 4) is 0 Å². The quantitative estimate of drug-likeness (QED) is 0.690. The topological polar surface area (TPSA) is 78.5 Å². The molecular weight excluding hydrogens is 390 g/mol. The Morgan fingerprint density at radius 2 is 1.61 bits per heavy atom. The van der Waals surface area contributed by atoms with E-state index in [1.54, 1.807) is 6.92 Å². The molecule has 164 valence electrons. The first-order valence-corrected chi connectivity index (χ1v) is 10.6. The van der Waals surface area contributed by atoms with Crippen molar-refractivity contribution in [2.24, 2.45) is 0 Å². The molecule has 1 aliphatic rings. The second-order valence-electron chi connectivity index (χ2n) is 8.86. The number of hydrogen-bond donors (Lipinski definition) is 2. The largest absolute Gasteiger partial charge is 0.348 e. The predicted octanol–water partition coefficient (Wildman–Crippen LogP) is 4.07. The third kappa shape index (κ3) is 4.48. The molecule has 2 atom stereocenters. The van der Waals surface area contributed by atoms with E-state index in [1.165, 1.54) is 5.56 Å². The summed E-state index contributed by atoms with van der Waals surface area (Å²) in [7, 11) is 0. The first-order valence-electron chi connectivity index (χ1n) is 10.6. The highest BCUT2D eigenvalue weighted by Crippen LogP contribution is 2.30. The molecule has 0 saturated carbocycles. The Morgan fingerprint density at radius 3 is 2.19 bits per heavy atom. The van der Waals surface area contributed by atoms with E-state index in [9.17, 15) is 14.4 Å².